The van der Waals surface area contributed by atoms with Gasteiger partial charge in [-0.2, -0.15) is 0 Å². The molecule has 2 N–H and O–H groups in total. The van der Waals surface area contributed by atoms with Crippen LogP contribution in [0, 0.1) is 5.41 Å². The molecule has 9 heteroatoms. The predicted molar refractivity (Wildman–Crippen MR) is 103 cm³/mol. The summed E-state index contributed by atoms with van der Waals surface area (Å²) < 4.78 is 43.6. The van der Waals surface area contributed by atoms with E-state index in [0.29, 0.717) is 32.1 Å². The van der Waals surface area contributed by atoms with Crippen LogP contribution in [0.15, 0.2) is 29.2 Å². The van der Waals surface area contributed by atoms with Crippen molar-refractivity contribution in [2.75, 3.05) is 53.7 Å². The first-order valence-corrected chi connectivity index (χ1v) is 9.91. The summed E-state index contributed by atoms with van der Waals surface area (Å²) in [6, 6.07) is 6.41. The summed E-state index contributed by atoms with van der Waals surface area (Å²) in [5.41, 5.74) is -0.156. The Kier molecular flexibility index (Phi) is 9.84. The van der Waals surface area contributed by atoms with Crippen molar-refractivity contribution < 1.29 is 22.6 Å². The van der Waals surface area contributed by atoms with Gasteiger partial charge in [0.15, 0.2) is 0 Å². The topological polar surface area (TPSA) is 85.9 Å². The Bertz CT molecular complexity index is 613. The third kappa shape index (κ3) is 6.68. The molecule has 0 atom stereocenters. The van der Waals surface area contributed by atoms with Crippen molar-refractivity contribution in [3.8, 4) is 5.75 Å². The van der Waals surface area contributed by atoms with Crippen molar-refractivity contribution >= 4 is 22.4 Å². The molecular formula is C17H29ClN2O5S. The molecule has 0 aliphatic carbocycles. The summed E-state index contributed by atoms with van der Waals surface area (Å²) >= 11 is 0. The van der Waals surface area contributed by atoms with Crippen LogP contribution in [0.4, 0.5) is 0 Å². The zero-order valence-corrected chi connectivity index (χ0v) is 17.0. The van der Waals surface area contributed by atoms with Gasteiger partial charge in [-0.15, -0.1) is 12.4 Å². The molecule has 1 saturated heterocycles. The van der Waals surface area contributed by atoms with Gasteiger partial charge in [0.25, 0.3) is 0 Å². The average molecular weight is 409 g/mol. The third-order valence-electron chi connectivity index (χ3n) is 4.44. The minimum atomic E-state index is -3.56. The molecule has 0 radical (unpaired) electrons. The summed E-state index contributed by atoms with van der Waals surface area (Å²) in [7, 11) is -0.310. The van der Waals surface area contributed by atoms with E-state index in [4.69, 9.17) is 14.2 Å². The van der Waals surface area contributed by atoms with Crippen molar-refractivity contribution in [2.45, 2.75) is 17.7 Å². The number of nitrogens with one attached hydrogen (secondary N) is 2. The van der Waals surface area contributed by atoms with E-state index in [2.05, 4.69) is 10.0 Å². The number of halogens is 1. The molecule has 0 saturated carbocycles. The Balaban J connectivity index is 0.00000338. The van der Waals surface area contributed by atoms with Crippen molar-refractivity contribution in [1.29, 1.82) is 0 Å². The summed E-state index contributed by atoms with van der Waals surface area (Å²) in [6.07, 6.45) is 1.77. The summed E-state index contributed by atoms with van der Waals surface area (Å²) in [5, 5.41) is 3.30. The number of methoxy groups -OCH3 is 2. The fourth-order valence-corrected chi connectivity index (χ4v) is 4.08. The van der Waals surface area contributed by atoms with E-state index in [1.54, 1.807) is 38.5 Å². The second kappa shape index (κ2) is 11.1. The Labute approximate surface area is 162 Å². The maximum absolute atomic E-state index is 12.6. The minimum Gasteiger partial charge on any atom is -0.491 e. The van der Waals surface area contributed by atoms with Crippen molar-refractivity contribution in [2.24, 2.45) is 5.41 Å². The molecule has 1 aliphatic heterocycles. The van der Waals surface area contributed by atoms with Gasteiger partial charge in [-0.05, 0) is 50.2 Å². The van der Waals surface area contributed by atoms with E-state index in [0.717, 1.165) is 25.9 Å². The molecule has 1 aromatic carbocycles. The van der Waals surface area contributed by atoms with E-state index in [-0.39, 0.29) is 22.7 Å². The van der Waals surface area contributed by atoms with Crippen molar-refractivity contribution in [3.63, 3.8) is 0 Å². The third-order valence-corrected chi connectivity index (χ3v) is 5.86. The van der Waals surface area contributed by atoms with Gasteiger partial charge in [0.2, 0.25) is 10.0 Å². The van der Waals surface area contributed by atoms with Crippen LogP contribution in [0.1, 0.15) is 12.8 Å². The maximum Gasteiger partial charge on any atom is 0.240 e. The molecule has 0 unspecified atom stereocenters. The number of ether oxygens (including phenoxy) is 3. The zero-order chi connectivity index (χ0) is 18.2. The summed E-state index contributed by atoms with van der Waals surface area (Å²) in [4.78, 5) is 0.230. The lowest BCUT2D eigenvalue weighted by molar-refractivity contribution is 0.0577. The van der Waals surface area contributed by atoms with Crippen LogP contribution in [0.2, 0.25) is 0 Å². The number of hydrogen-bond acceptors (Lipinski definition) is 6. The molecule has 0 amide bonds. The molecule has 7 nitrogen and oxygen atoms in total. The van der Waals surface area contributed by atoms with Crippen LogP contribution in [-0.2, 0) is 19.5 Å². The lowest BCUT2D eigenvalue weighted by Crippen LogP contribution is -2.47. The fourth-order valence-electron chi connectivity index (χ4n) is 2.92. The molecule has 1 aromatic rings. The zero-order valence-electron chi connectivity index (χ0n) is 15.3. The largest absolute Gasteiger partial charge is 0.491 e. The number of sulfonamides is 1. The van der Waals surface area contributed by atoms with Crippen LogP contribution >= 0.6 is 12.4 Å². The fraction of sp³-hybridized carbons (Fsp3) is 0.647. The minimum absolute atomic E-state index is 0. The van der Waals surface area contributed by atoms with E-state index in [9.17, 15) is 8.42 Å². The van der Waals surface area contributed by atoms with E-state index >= 15 is 0 Å². The highest BCUT2D eigenvalue weighted by Gasteiger charge is 2.33. The van der Waals surface area contributed by atoms with E-state index < -0.39 is 10.0 Å². The van der Waals surface area contributed by atoms with Crippen LogP contribution in [0.3, 0.4) is 0 Å². The van der Waals surface area contributed by atoms with Crippen LogP contribution in [0.5, 0.6) is 5.75 Å². The quantitative estimate of drug-likeness (QED) is 0.569. The maximum atomic E-state index is 12.6. The number of piperidine rings is 1. The first-order valence-electron chi connectivity index (χ1n) is 8.42. The molecule has 1 aliphatic rings. The standard InChI is InChI=1S/C17H28N2O5S.ClH/c1-22-11-12-24-15-3-5-16(6-4-15)25(20,21)19-13-17(14-23-2)7-9-18-10-8-17;/h3-6,18-19H,7-14H2,1-2H3;1H. The lowest BCUT2D eigenvalue weighted by Gasteiger charge is -2.37. The SMILES string of the molecule is COCCOc1ccc(S(=O)(=O)NCC2(COC)CCNCC2)cc1.Cl. The first kappa shape index (κ1) is 23.1. The Morgan fingerprint density at radius 3 is 2.31 bits per heavy atom. The van der Waals surface area contributed by atoms with Crippen molar-refractivity contribution in [3.05, 3.63) is 24.3 Å². The van der Waals surface area contributed by atoms with Gasteiger partial charge in [-0.3, -0.25) is 0 Å². The Morgan fingerprint density at radius 1 is 1.08 bits per heavy atom. The van der Waals surface area contributed by atoms with Gasteiger partial charge in [-0.1, -0.05) is 0 Å². The first-order chi connectivity index (χ1) is 12.0. The Hall–Kier alpha value is -0.900. The van der Waals surface area contributed by atoms with Crippen LogP contribution in [-0.4, -0.2) is 62.1 Å². The molecule has 1 fully saturated rings. The smallest absolute Gasteiger partial charge is 0.240 e. The van der Waals surface area contributed by atoms with Gasteiger partial charge < -0.3 is 19.5 Å². The van der Waals surface area contributed by atoms with Gasteiger partial charge in [-0.25, -0.2) is 13.1 Å². The molecule has 150 valence electrons. The highest BCUT2D eigenvalue weighted by atomic mass is 35.5. The van der Waals surface area contributed by atoms with E-state index in [1.165, 1.54) is 0 Å². The van der Waals surface area contributed by atoms with Crippen LogP contribution in [0.25, 0.3) is 0 Å². The molecule has 0 bridgehead atoms. The monoisotopic (exact) mass is 408 g/mol. The summed E-state index contributed by atoms with van der Waals surface area (Å²) in [5.74, 6) is 0.616. The molecular weight excluding hydrogens is 380 g/mol. The number of rotatable bonds is 10. The molecule has 0 spiro atoms. The average Bonchev–Trinajstić information content (AvgIpc) is 2.62. The lowest BCUT2D eigenvalue weighted by atomic mass is 9.80. The molecule has 1 heterocycles. The molecule has 2 rings (SSSR count). The molecule has 0 aromatic heterocycles. The van der Waals surface area contributed by atoms with E-state index in [1.807, 2.05) is 0 Å². The summed E-state index contributed by atoms with van der Waals surface area (Å²) in [6.45, 7) is 3.57. The second-order valence-electron chi connectivity index (χ2n) is 6.32. The Morgan fingerprint density at radius 2 is 1.73 bits per heavy atom. The van der Waals surface area contributed by atoms with Crippen molar-refractivity contribution in [1.82, 2.24) is 10.0 Å². The van der Waals surface area contributed by atoms with Gasteiger partial charge in [0.1, 0.15) is 12.4 Å². The highest BCUT2D eigenvalue weighted by molar-refractivity contribution is 7.89. The number of benzene rings is 1. The van der Waals surface area contributed by atoms with Gasteiger partial charge >= 0.3 is 0 Å². The van der Waals surface area contributed by atoms with Gasteiger partial charge in [0.05, 0.1) is 18.1 Å². The molecule has 26 heavy (non-hydrogen) atoms. The van der Waals surface area contributed by atoms with Crippen LogP contribution < -0.4 is 14.8 Å². The van der Waals surface area contributed by atoms with Gasteiger partial charge in [0, 0.05) is 26.2 Å². The number of hydrogen-bond donors (Lipinski definition) is 2. The highest BCUT2D eigenvalue weighted by Crippen LogP contribution is 2.29. The second-order valence-corrected chi connectivity index (χ2v) is 8.09. The predicted octanol–water partition coefficient (Wildman–Crippen LogP) is 1.43. The normalized spacial score (nSPS) is 16.7.